The molecule has 36 heavy (non-hydrogen) atoms. The Hall–Kier alpha value is -3.41. The van der Waals surface area contributed by atoms with E-state index >= 15 is 0 Å². The van der Waals surface area contributed by atoms with Gasteiger partial charge in [-0.15, -0.1) is 0 Å². The second-order valence-corrected chi connectivity index (χ2v) is 10.4. The summed E-state index contributed by atoms with van der Waals surface area (Å²) < 4.78 is 66.4. The van der Waals surface area contributed by atoms with E-state index in [1.807, 2.05) is 6.07 Å². The van der Waals surface area contributed by atoms with Crippen LogP contribution in [0.5, 0.6) is 0 Å². The number of aromatic amines is 1. The summed E-state index contributed by atoms with van der Waals surface area (Å²) in [6, 6.07) is 11.5. The van der Waals surface area contributed by atoms with Crippen LogP contribution in [0.4, 0.5) is 18.9 Å². The number of H-pyrrole nitrogens is 1. The average Bonchev–Trinajstić information content (AvgIpc) is 3.27. The first-order chi connectivity index (χ1) is 17.2. The second kappa shape index (κ2) is 9.57. The Bertz CT molecular complexity index is 1510. The topological polar surface area (TPSA) is 104 Å². The molecule has 1 saturated heterocycles. The summed E-state index contributed by atoms with van der Waals surface area (Å²) in [5.74, 6) is -1.66. The predicted octanol–water partition coefficient (Wildman–Crippen LogP) is 4.64. The molecule has 0 radical (unpaired) electrons. The molecule has 4 aromatic rings. The van der Waals surface area contributed by atoms with Gasteiger partial charge in [0.05, 0.1) is 0 Å². The Kier molecular flexibility index (Phi) is 6.45. The standard InChI is InChI=1S/C25H24F3N5O2S/c26-17-9-15(10-18(27)11-17)14-31-19-1-2-23(28)21(12-19)20-3-6-30-25-22(20)13-24(32-25)16-4-7-33(8-5-16)36(29,34)35/h1-3,6,9-13,16,31H,4-5,7-8,14H2,(H,30,32)(H2,29,34,35). The molecule has 2 aromatic carbocycles. The molecule has 0 saturated carbocycles. The van der Waals surface area contributed by atoms with Crippen LogP contribution in [0.15, 0.2) is 54.7 Å². The number of rotatable bonds is 6. The quantitative estimate of drug-likeness (QED) is 0.348. The van der Waals surface area contributed by atoms with Crippen LogP contribution in [-0.2, 0) is 16.8 Å². The van der Waals surface area contributed by atoms with Crippen LogP contribution in [0.1, 0.15) is 30.0 Å². The van der Waals surface area contributed by atoms with Crippen molar-refractivity contribution in [1.82, 2.24) is 14.3 Å². The monoisotopic (exact) mass is 515 g/mol. The average molecular weight is 516 g/mol. The van der Waals surface area contributed by atoms with Gasteiger partial charge < -0.3 is 10.3 Å². The summed E-state index contributed by atoms with van der Waals surface area (Å²) in [7, 11) is -3.71. The maximum absolute atomic E-state index is 14.9. The zero-order valence-corrected chi connectivity index (χ0v) is 20.0. The minimum absolute atomic E-state index is 0.0922. The zero-order valence-electron chi connectivity index (χ0n) is 19.1. The van der Waals surface area contributed by atoms with Crippen molar-refractivity contribution in [3.05, 3.63) is 83.4 Å². The summed E-state index contributed by atoms with van der Waals surface area (Å²) in [5.41, 5.74) is 3.52. The van der Waals surface area contributed by atoms with Gasteiger partial charge in [-0.2, -0.15) is 12.7 Å². The number of anilines is 1. The predicted molar refractivity (Wildman–Crippen MR) is 132 cm³/mol. The van der Waals surface area contributed by atoms with Gasteiger partial charge >= 0.3 is 0 Å². The van der Waals surface area contributed by atoms with E-state index in [1.54, 1.807) is 24.4 Å². The van der Waals surface area contributed by atoms with Crippen molar-refractivity contribution in [2.24, 2.45) is 5.14 Å². The van der Waals surface area contributed by atoms with Gasteiger partial charge in [-0.1, -0.05) is 0 Å². The highest BCUT2D eigenvalue weighted by molar-refractivity contribution is 7.86. The Morgan fingerprint density at radius 3 is 2.42 bits per heavy atom. The van der Waals surface area contributed by atoms with Crippen molar-refractivity contribution in [1.29, 1.82) is 0 Å². The molecular formula is C25H24F3N5O2S. The number of halogens is 3. The first-order valence-corrected chi connectivity index (χ1v) is 12.9. The van der Waals surface area contributed by atoms with Gasteiger partial charge in [0.25, 0.3) is 10.2 Å². The third-order valence-electron chi connectivity index (χ3n) is 6.48. The van der Waals surface area contributed by atoms with Gasteiger partial charge in [0, 0.05) is 60.1 Å². The third-order valence-corrected chi connectivity index (χ3v) is 7.57. The van der Waals surface area contributed by atoms with Crippen LogP contribution in [0.3, 0.4) is 0 Å². The molecule has 2 aromatic heterocycles. The molecule has 0 amide bonds. The van der Waals surface area contributed by atoms with Crippen molar-refractivity contribution in [3.63, 3.8) is 0 Å². The number of piperidine rings is 1. The van der Waals surface area contributed by atoms with Gasteiger partial charge in [0.1, 0.15) is 23.1 Å². The van der Waals surface area contributed by atoms with Gasteiger partial charge in [0.15, 0.2) is 0 Å². The fraction of sp³-hybridized carbons (Fsp3) is 0.240. The molecule has 0 atom stereocenters. The lowest BCUT2D eigenvalue weighted by molar-refractivity contribution is 0.317. The number of benzene rings is 2. The molecule has 0 aliphatic carbocycles. The van der Waals surface area contributed by atoms with E-state index in [1.165, 1.54) is 22.5 Å². The van der Waals surface area contributed by atoms with Crippen LogP contribution in [0, 0.1) is 17.5 Å². The molecule has 0 unspecified atom stereocenters. The lowest BCUT2D eigenvalue weighted by atomic mass is 9.94. The lowest BCUT2D eigenvalue weighted by Gasteiger charge is -2.29. The molecular weight excluding hydrogens is 491 g/mol. The molecule has 0 bridgehead atoms. The smallest absolute Gasteiger partial charge is 0.276 e. The van der Waals surface area contributed by atoms with E-state index < -0.39 is 27.7 Å². The highest BCUT2D eigenvalue weighted by atomic mass is 32.2. The number of hydrogen-bond acceptors (Lipinski definition) is 4. The highest BCUT2D eigenvalue weighted by Crippen LogP contribution is 2.35. The number of pyridine rings is 1. The number of nitrogens with one attached hydrogen (secondary N) is 2. The van der Waals surface area contributed by atoms with Crippen molar-refractivity contribution in [3.8, 4) is 11.1 Å². The molecule has 1 aliphatic rings. The highest BCUT2D eigenvalue weighted by Gasteiger charge is 2.27. The number of fused-ring (bicyclic) bond motifs is 1. The summed E-state index contributed by atoms with van der Waals surface area (Å²) in [6.07, 6.45) is 2.80. The van der Waals surface area contributed by atoms with E-state index in [-0.39, 0.29) is 12.5 Å². The SMILES string of the molecule is NS(=O)(=O)N1CCC(c2cc3c(-c4cc(NCc5cc(F)cc(F)c5)ccc4F)ccnc3[nH]2)CC1. The van der Waals surface area contributed by atoms with Crippen LogP contribution in [0.2, 0.25) is 0 Å². The Morgan fingerprint density at radius 1 is 1.00 bits per heavy atom. The van der Waals surface area contributed by atoms with Gasteiger partial charge in [-0.05, 0) is 66.4 Å². The Balaban J connectivity index is 1.41. The van der Waals surface area contributed by atoms with E-state index in [2.05, 4.69) is 15.3 Å². The molecule has 1 aliphatic heterocycles. The molecule has 5 rings (SSSR count). The Morgan fingerprint density at radius 2 is 1.72 bits per heavy atom. The first kappa shape index (κ1) is 24.3. The summed E-state index contributed by atoms with van der Waals surface area (Å²) in [5, 5.41) is 9.07. The van der Waals surface area contributed by atoms with Crippen molar-refractivity contribution < 1.29 is 21.6 Å². The van der Waals surface area contributed by atoms with Crippen LogP contribution in [-0.4, -0.2) is 35.8 Å². The van der Waals surface area contributed by atoms with Crippen LogP contribution < -0.4 is 10.5 Å². The third kappa shape index (κ3) is 5.08. The fourth-order valence-corrected chi connectivity index (χ4v) is 5.40. The molecule has 1 fully saturated rings. The summed E-state index contributed by atoms with van der Waals surface area (Å²) in [6.45, 7) is 0.824. The van der Waals surface area contributed by atoms with Crippen molar-refractivity contribution >= 4 is 26.9 Å². The molecule has 11 heteroatoms. The fourth-order valence-electron chi connectivity index (χ4n) is 4.68. The molecule has 0 spiro atoms. The van der Waals surface area contributed by atoms with E-state index in [9.17, 15) is 21.6 Å². The van der Waals surface area contributed by atoms with Crippen molar-refractivity contribution in [2.75, 3.05) is 18.4 Å². The van der Waals surface area contributed by atoms with Crippen LogP contribution >= 0.6 is 0 Å². The number of nitrogens with zero attached hydrogens (tertiary/aromatic N) is 2. The minimum Gasteiger partial charge on any atom is -0.381 e. The number of nitrogens with two attached hydrogens (primary N) is 1. The maximum Gasteiger partial charge on any atom is 0.276 e. The van der Waals surface area contributed by atoms with Gasteiger partial charge in [-0.3, -0.25) is 0 Å². The van der Waals surface area contributed by atoms with Gasteiger partial charge in [0.2, 0.25) is 0 Å². The summed E-state index contributed by atoms with van der Waals surface area (Å²) in [4.78, 5) is 7.69. The molecule has 4 N–H and O–H groups in total. The van der Waals surface area contributed by atoms with E-state index in [4.69, 9.17) is 5.14 Å². The molecule has 3 heterocycles. The molecule has 188 valence electrons. The lowest BCUT2D eigenvalue weighted by Crippen LogP contribution is -2.41. The first-order valence-electron chi connectivity index (χ1n) is 11.4. The zero-order chi connectivity index (χ0) is 25.4. The van der Waals surface area contributed by atoms with E-state index in [0.29, 0.717) is 54.0 Å². The Labute approximate surface area is 206 Å². The maximum atomic E-state index is 14.9. The second-order valence-electron chi connectivity index (χ2n) is 8.89. The number of aromatic nitrogens is 2. The van der Waals surface area contributed by atoms with Crippen molar-refractivity contribution in [2.45, 2.75) is 25.3 Å². The van der Waals surface area contributed by atoms with Gasteiger partial charge in [-0.25, -0.2) is 23.3 Å². The number of hydrogen-bond donors (Lipinski definition) is 3. The minimum atomic E-state index is -3.71. The largest absolute Gasteiger partial charge is 0.381 e. The van der Waals surface area contributed by atoms with E-state index in [0.717, 1.165) is 17.1 Å². The normalized spacial score (nSPS) is 15.4. The van der Waals surface area contributed by atoms with Crippen LogP contribution in [0.25, 0.3) is 22.2 Å². The summed E-state index contributed by atoms with van der Waals surface area (Å²) >= 11 is 0. The molecule has 7 nitrogen and oxygen atoms in total.